The molecule has 6 heteroatoms. The highest BCUT2D eigenvalue weighted by molar-refractivity contribution is 6.10. The van der Waals surface area contributed by atoms with E-state index in [2.05, 4.69) is 5.32 Å². The highest BCUT2D eigenvalue weighted by Gasteiger charge is 2.57. The lowest BCUT2D eigenvalue weighted by atomic mass is 10.1. The molecular formula is C16H18N2O4. The maximum Gasteiger partial charge on any atom is 0.319 e. The number of nitrogens with zero attached hydrogens (tertiary/aromatic N) is 1. The summed E-state index contributed by atoms with van der Waals surface area (Å²) in [4.78, 5) is 36.7. The third-order valence-electron chi connectivity index (χ3n) is 4.48. The van der Waals surface area contributed by atoms with Crippen molar-refractivity contribution in [2.24, 2.45) is 5.41 Å². The molecule has 1 saturated carbocycles. The number of hydrogen-bond donors (Lipinski definition) is 2. The molecule has 1 saturated heterocycles. The fourth-order valence-corrected chi connectivity index (χ4v) is 2.85. The lowest BCUT2D eigenvalue weighted by Gasteiger charge is -2.22. The van der Waals surface area contributed by atoms with Crippen molar-refractivity contribution in [3.05, 3.63) is 24.3 Å². The van der Waals surface area contributed by atoms with E-state index >= 15 is 0 Å². The molecule has 0 radical (unpaired) electrons. The van der Waals surface area contributed by atoms with Gasteiger partial charge in [0.2, 0.25) is 11.8 Å². The maximum atomic E-state index is 12.0. The number of carbonyl (C=O) groups is 3. The first-order valence-corrected chi connectivity index (χ1v) is 7.41. The monoisotopic (exact) mass is 302 g/mol. The molecule has 0 bridgehead atoms. The molecule has 2 amide bonds. The van der Waals surface area contributed by atoms with E-state index in [4.69, 9.17) is 5.11 Å². The predicted octanol–water partition coefficient (Wildman–Crippen LogP) is 2.01. The summed E-state index contributed by atoms with van der Waals surface area (Å²) < 4.78 is 0. The first kappa shape index (κ1) is 14.6. The van der Waals surface area contributed by atoms with E-state index in [9.17, 15) is 14.4 Å². The second-order valence-electron chi connectivity index (χ2n) is 6.04. The van der Waals surface area contributed by atoms with E-state index in [0.717, 1.165) is 12.1 Å². The van der Waals surface area contributed by atoms with Crippen LogP contribution in [-0.4, -0.2) is 28.9 Å². The summed E-state index contributed by atoms with van der Waals surface area (Å²) in [5.74, 6) is -1.44. The van der Waals surface area contributed by atoms with Gasteiger partial charge in [-0.3, -0.25) is 14.4 Å². The minimum atomic E-state index is -1.25. The van der Waals surface area contributed by atoms with Crippen molar-refractivity contribution < 1.29 is 19.5 Å². The Hall–Kier alpha value is -2.37. The SMILES string of the molecule is CC1CCC(=O)N1c1ccc(NC(=O)C2(C(=O)O)CC2)cc1. The van der Waals surface area contributed by atoms with Gasteiger partial charge >= 0.3 is 5.97 Å². The van der Waals surface area contributed by atoms with Crippen LogP contribution in [0.3, 0.4) is 0 Å². The zero-order chi connectivity index (χ0) is 15.9. The number of carboxylic acids is 1. The third kappa shape index (κ3) is 2.34. The molecule has 22 heavy (non-hydrogen) atoms. The Labute approximate surface area is 128 Å². The number of carbonyl (C=O) groups excluding carboxylic acids is 2. The lowest BCUT2D eigenvalue weighted by molar-refractivity contribution is -0.147. The van der Waals surface area contributed by atoms with E-state index in [1.165, 1.54) is 0 Å². The fourth-order valence-electron chi connectivity index (χ4n) is 2.85. The van der Waals surface area contributed by atoms with E-state index in [-0.39, 0.29) is 11.9 Å². The number of anilines is 2. The zero-order valence-corrected chi connectivity index (χ0v) is 12.3. The number of benzene rings is 1. The standard InChI is InChI=1S/C16H18N2O4/c1-10-2-7-13(19)18(10)12-5-3-11(4-6-12)17-14(20)16(8-9-16)15(21)22/h3-6,10H,2,7-9H2,1H3,(H,17,20)(H,21,22). The van der Waals surface area contributed by atoms with Crippen molar-refractivity contribution in [1.29, 1.82) is 0 Å². The Morgan fingerprint density at radius 1 is 1.27 bits per heavy atom. The van der Waals surface area contributed by atoms with Gasteiger partial charge in [-0.15, -0.1) is 0 Å². The van der Waals surface area contributed by atoms with Gasteiger partial charge in [0, 0.05) is 23.8 Å². The summed E-state index contributed by atoms with van der Waals surface area (Å²) >= 11 is 0. The van der Waals surface area contributed by atoms with E-state index in [1.54, 1.807) is 29.2 Å². The molecule has 2 fully saturated rings. The smallest absolute Gasteiger partial charge is 0.319 e. The number of carboxylic acid groups (broad SMARTS) is 1. The topological polar surface area (TPSA) is 86.7 Å². The second-order valence-corrected chi connectivity index (χ2v) is 6.04. The maximum absolute atomic E-state index is 12.0. The Morgan fingerprint density at radius 3 is 2.36 bits per heavy atom. The molecule has 1 aliphatic carbocycles. The molecule has 1 atom stereocenters. The molecule has 0 aromatic heterocycles. The molecule has 1 aliphatic heterocycles. The Bertz CT molecular complexity index is 634. The molecule has 0 spiro atoms. The normalized spacial score (nSPS) is 22.5. The van der Waals surface area contributed by atoms with Gasteiger partial charge in [-0.1, -0.05) is 0 Å². The molecule has 6 nitrogen and oxygen atoms in total. The largest absolute Gasteiger partial charge is 0.480 e. The van der Waals surface area contributed by atoms with Crippen molar-refractivity contribution in [3.8, 4) is 0 Å². The van der Waals surface area contributed by atoms with Gasteiger partial charge in [0.15, 0.2) is 0 Å². The summed E-state index contributed by atoms with van der Waals surface area (Å²) in [6.07, 6.45) is 2.16. The van der Waals surface area contributed by atoms with Gasteiger partial charge in [-0.05, 0) is 50.5 Å². The van der Waals surface area contributed by atoms with Gasteiger partial charge in [-0.2, -0.15) is 0 Å². The van der Waals surface area contributed by atoms with Crippen LogP contribution >= 0.6 is 0 Å². The molecule has 2 aliphatic rings. The number of nitrogens with one attached hydrogen (secondary N) is 1. The Balaban J connectivity index is 1.71. The molecule has 1 unspecified atom stereocenters. The molecule has 1 aromatic rings. The molecule has 1 heterocycles. The van der Waals surface area contributed by atoms with Crippen LogP contribution in [0.4, 0.5) is 11.4 Å². The Morgan fingerprint density at radius 2 is 1.91 bits per heavy atom. The van der Waals surface area contributed by atoms with Gasteiger partial charge in [0.25, 0.3) is 0 Å². The minimum Gasteiger partial charge on any atom is -0.480 e. The van der Waals surface area contributed by atoms with Crippen molar-refractivity contribution >= 4 is 29.2 Å². The highest BCUT2D eigenvalue weighted by Crippen LogP contribution is 2.46. The first-order chi connectivity index (χ1) is 10.4. The quantitative estimate of drug-likeness (QED) is 0.833. The molecule has 2 N–H and O–H groups in total. The van der Waals surface area contributed by atoms with Crippen molar-refractivity contribution in [2.75, 3.05) is 10.2 Å². The van der Waals surface area contributed by atoms with Crippen LogP contribution in [0.2, 0.25) is 0 Å². The van der Waals surface area contributed by atoms with E-state index < -0.39 is 17.3 Å². The summed E-state index contributed by atoms with van der Waals surface area (Å²) in [6, 6.07) is 7.12. The van der Waals surface area contributed by atoms with Crippen LogP contribution in [0.25, 0.3) is 0 Å². The molecule has 116 valence electrons. The molecule has 3 rings (SSSR count). The second kappa shape index (κ2) is 5.12. The molecular weight excluding hydrogens is 284 g/mol. The number of rotatable bonds is 4. The van der Waals surface area contributed by atoms with Crippen LogP contribution in [0.1, 0.15) is 32.6 Å². The first-order valence-electron chi connectivity index (χ1n) is 7.41. The van der Waals surface area contributed by atoms with Crippen molar-refractivity contribution in [1.82, 2.24) is 0 Å². The average Bonchev–Trinajstić information content (AvgIpc) is 3.23. The van der Waals surface area contributed by atoms with Crippen LogP contribution in [0.15, 0.2) is 24.3 Å². The third-order valence-corrected chi connectivity index (χ3v) is 4.48. The van der Waals surface area contributed by atoms with E-state index in [0.29, 0.717) is 24.9 Å². The van der Waals surface area contributed by atoms with Crippen LogP contribution in [-0.2, 0) is 14.4 Å². The van der Waals surface area contributed by atoms with Crippen molar-refractivity contribution in [2.45, 2.75) is 38.6 Å². The van der Waals surface area contributed by atoms with Crippen LogP contribution < -0.4 is 10.2 Å². The summed E-state index contributed by atoms with van der Waals surface area (Å²) in [7, 11) is 0. The number of aliphatic carboxylic acids is 1. The van der Waals surface area contributed by atoms with E-state index in [1.807, 2.05) is 6.92 Å². The van der Waals surface area contributed by atoms with Gasteiger partial charge in [-0.25, -0.2) is 0 Å². The summed E-state index contributed by atoms with van der Waals surface area (Å²) in [5, 5.41) is 11.7. The number of hydrogen-bond acceptors (Lipinski definition) is 3. The fraction of sp³-hybridized carbons (Fsp3) is 0.438. The van der Waals surface area contributed by atoms with Gasteiger partial charge in [0.1, 0.15) is 5.41 Å². The summed E-state index contributed by atoms with van der Waals surface area (Å²) in [5.41, 5.74) is 0.0888. The van der Waals surface area contributed by atoms with Gasteiger partial charge < -0.3 is 15.3 Å². The minimum absolute atomic E-state index is 0.104. The summed E-state index contributed by atoms with van der Waals surface area (Å²) in [6.45, 7) is 2.00. The molecule has 1 aromatic carbocycles. The van der Waals surface area contributed by atoms with Crippen molar-refractivity contribution in [3.63, 3.8) is 0 Å². The predicted molar refractivity (Wildman–Crippen MR) is 80.6 cm³/mol. The average molecular weight is 302 g/mol. The number of amides is 2. The van der Waals surface area contributed by atoms with Crippen LogP contribution in [0.5, 0.6) is 0 Å². The highest BCUT2D eigenvalue weighted by atomic mass is 16.4. The Kier molecular flexibility index (Phi) is 3.39. The zero-order valence-electron chi connectivity index (χ0n) is 12.3. The van der Waals surface area contributed by atoms with Crippen LogP contribution in [0, 0.1) is 5.41 Å². The van der Waals surface area contributed by atoms with Gasteiger partial charge in [0.05, 0.1) is 0 Å². The lowest BCUT2D eigenvalue weighted by Crippen LogP contribution is -2.31.